The molecule has 0 amide bonds. The molecule has 166 valence electrons. The standard InChI is InChI=1S/C26H24N4O2S/c27-26(33)29-28-23(19-11-5-2-6-12-19)15-21(25(31)32)22-17-30(16-18-9-3-1-4-10-18)24-14-8-7-13-20(22)24/h1-14,17,21H,15-16H2,(H,31,32)(H3,27,29,33). The lowest BCUT2D eigenvalue weighted by atomic mass is 9.91. The van der Waals surface area contributed by atoms with Crippen LogP contribution in [-0.4, -0.2) is 26.5 Å². The summed E-state index contributed by atoms with van der Waals surface area (Å²) in [6.45, 7) is 0.649. The molecule has 0 fully saturated rings. The van der Waals surface area contributed by atoms with Crippen LogP contribution in [0, 0.1) is 0 Å². The van der Waals surface area contributed by atoms with Crippen LogP contribution >= 0.6 is 12.2 Å². The first-order valence-corrected chi connectivity index (χ1v) is 11.0. The van der Waals surface area contributed by atoms with Gasteiger partial charge in [-0.25, -0.2) is 0 Å². The van der Waals surface area contributed by atoms with Gasteiger partial charge in [-0.05, 0) is 35.0 Å². The van der Waals surface area contributed by atoms with Crippen LogP contribution in [0.15, 0.2) is 96.2 Å². The van der Waals surface area contributed by atoms with Gasteiger partial charge in [0.1, 0.15) is 0 Å². The summed E-state index contributed by atoms with van der Waals surface area (Å²) in [7, 11) is 0. The zero-order chi connectivity index (χ0) is 23.2. The van der Waals surface area contributed by atoms with E-state index in [1.165, 1.54) is 0 Å². The van der Waals surface area contributed by atoms with E-state index >= 15 is 0 Å². The van der Waals surface area contributed by atoms with Crippen LogP contribution in [0.25, 0.3) is 10.9 Å². The Morgan fingerprint density at radius 2 is 1.64 bits per heavy atom. The Labute approximate surface area is 197 Å². The average Bonchev–Trinajstić information content (AvgIpc) is 3.18. The monoisotopic (exact) mass is 456 g/mol. The van der Waals surface area contributed by atoms with Crippen molar-refractivity contribution in [2.75, 3.05) is 0 Å². The molecule has 0 saturated carbocycles. The van der Waals surface area contributed by atoms with E-state index in [2.05, 4.69) is 27.2 Å². The summed E-state index contributed by atoms with van der Waals surface area (Å²) in [6.07, 6.45) is 2.12. The number of para-hydroxylation sites is 1. The van der Waals surface area contributed by atoms with Gasteiger partial charge in [0.05, 0.1) is 11.6 Å². The maximum absolute atomic E-state index is 12.5. The number of hydrogen-bond donors (Lipinski definition) is 3. The minimum absolute atomic E-state index is 0.0229. The van der Waals surface area contributed by atoms with Gasteiger partial charge >= 0.3 is 5.97 Å². The maximum atomic E-state index is 12.5. The predicted octanol–water partition coefficient (Wildman–Crippen LogP) is 4.49. The van der Waals surface area contributed by atoms with E-state index < -0.39 is 11.9 Å². The van der Waals surface area contributed by atoms with Crippen molar-refractivity contribution < 1.29 is 9.90 Å². The van der Waals surface area contributed by atoms with Crippen molar-refractivity contribution in [3.63, 3.8) is 0 Å². The number of thiocarbonyl (C=S) groups is 1. The second-order valence-electron chi connectivity index (χ2n) is 7.71. The van der Waals surface area contributed by atoms with E-state index in [9.17, 15) is 9.90 Å². The number of benzene rings is 3. The second kappa shape index (κ2) is 10.1. The minimum atomic E-state index is -0.920. The highest BCUT2D eigenvalue weighted by Crippen LogP contribution is 2.32. The highest BCUT2D eigenvalue weighted by Gasteiger charge is 2.27. The Morgan fingerprint density at radius 1 is 1.00 bits per heavy atom. The van der Waals surface area contributed by atoms with E-state index in [4.69, 9.17) is 18.0 Å². The normalized spacial score (nSPS) is 12.4. The molecule has 4 rings (SSSR count). The third-order valence-corrected chi connectivity index (χ3v) is 5.59. The maximum Gasteiger partial charge on any atom is 0.311 e. The number of aromatic nitrogens is 1. The molecule has 0 aliphatic heterocycles. The number of rotatable bonds is 8. The molecule has 0 spiro atoms. The highest BCUT2D eigenvalue weighted by atomic mass is 32.1. The fourth-order valence-electron chi connectivity index (χ4n) is 3.97. The topological polar surface area (TPSA) is 92.6 Å². The molecule has 4 aromatic rings. The number of carbonyl (C=O) groups is 1. The molecule has 0 saturated heterocycles. The molecule has 1 atom stereocenters. The number of nitrogens with one attached hydrogen (secondary N) is 1. The summed E-state index contributed by atoms with van der Waals surface area (Å²) in [5.41, 5.74) is 12.4. The van der Waals surface area contributed by atoms with E-state index in [0.29, 0.717) is 12.3 Å². The third kappa shape index (κ3) is 5.27. The number of carboxylic acids is 1. The van der Waals surface area contributed by atoms with Gasteiger partial charge in [0, 0.05) is 30.1 Å². The van der Waals surface area contributed by atoms with E-state index in [1.807, 2.05) is 79.0 Å². The van der Waals surface area contributed by atoms with Gasteiger partial charge < -0.3 is 15.4 Å². The fraction of sp³-hybridized carbons (Fsp3) is 0.115. The zero-order valence-electron chi connectivity index (χ0n) is 17.9. The average molecular weight is 457 g/mol. The van der Waals surface area contributed by atoms with Crippen LogP contribution in [0.5, 0.6) is 0 Å². The molecular weight excluding hydrogens is 432 g/mol. The van der Waals surface area contributed by atoms with Crippen molar-refractivity contribution in [1.29, 1.82) is 0 Å². The largest absolute Gasteiger partial charge is 0.481 e. The summed E-state index contributed by atoms with van der Waals surface area (Å²) in [6, 6.07) is 27.4. The molecule has 0 aliphatic carbocycles. The lowest BCUT2D eigenvalue weighted by Gasteiger charge is -2.14. The molecular formula is C26H24N4O2S. The van der Waals surface area contributed by atoms with Crippen molar-refractivity contribution in [1.82, 2.24) is 9.99 Å². The number of hydrazone groups is 1. The van der Waals surface area contributed by atoms with Crippen molar-refractivity contribution in [2.24, 2.45) is 10.8 Å². The van der Waals surface area contributed by atoms with Gasteiger partial charge in [0.25, 0.3) is 0 Å². The number of nitrogens with zero attached hydrogens (tertiary/aromatic N) is 2. The molecule has 3 aromatic carbocycles. The van der Waals surface area contributed by atoms with Gasteiger partial charge in [-0.3, -0.25) is 10.2 Å². The quantitative estimate of drug-likeness (QED) is 0.206. The number of carboxylic acid groups (broad SMARTS) is 1. The van der Waals surface area contributed by atoms with Crippen LogP contribution < -0.4 is 11.2 Å². The van der Waals surface area contributed by atoms with Gasteiger partial charge in [-0.1, -0.05) is 78.9 Å². The number of nitrogens with two attached hydrogens (primary N) is 1. The molecule has 7 heteroatoms. The minimum Gasteiger partial charge on any atom is -0.481 e. The zero-order valence-corrected chi connectivity index (χ0v) is 18.7. The van der Waals surface area contributed by atoms with Crippen LogP contribution in [0.4, 0.5) is 0 Å². The first kappa shape index (κ1) is 22.2. The molecule has 1 aromatic heterocycles. The van der Waals surface area contributed by atoms with Crippen LogP contribution in [0.3, 0.4) is 0 Å². The van der Waals surface area contributed by atoms with Gasteiger partial charge in [0.15, 0.2) is 5.11 Å². The third-order valence-electron chi connectivity index (χ3n) is 5.49. The summed E-state index contributed by atoms with van der Waals surface area (Å²) in [4.78, 5) is 12.5. The Hall–Kier alpha value is -3.97. The van der Waals surface area contributed by atoms with Crippen LogP contribution in [0.2, 0.25) is 0 Å². The molecule has 33 heavy (non-hydrogen) atoms. The number of aliphatic carboxylic acids is 1. The van der Waals surface area contributed by atoms with E-state index in [0.717, 1.165) is 27.6 Å². The molecule has 1 heterocycles. The first-order chi connectivity index (χ1) is 16.0. The molecule has 0 aliphatic rings. The number of fused-ring (bicyclic) bond motifs is 1. The smallest absolute Gasteiger partial charge is 0.311 e. The summed E-state index contributed by atoms with van der Waals surface area (Å²) in [5.74, 6) is -1.73. The van der Waals surface area contributed by atoms with E-state index in [1.54, 1.807) is 0 Å². The van der Waals surface area contributed by atoms with E-state index in [-0.39, 0.29) is 11.5 Å². The van der Waals surface area contributed by atoms with Crippen molar-refractivity contribution in [3.05, 3.63) is 108 Å². The molecule has 0 radical (unpaired) electrons. The van der Waals surface area contributed by atoms with Crippen molar-refractivity contribution in [2.45, 2.75) is 18.9 Å². The summed E-state index contributed by atoms with van der Waals surface area (Å²) >= 11 is 4.89. The van der Waals surface area contributed by atoms with Crippen LogP contribution in [-0.2, 0) is 11.3 Å². The molecule has 6 nitrogen and oxygen atoms in total. The molecule has 0 bridgehead atoms. The van der Waals surface area contributed by atoms with Gasteiger partial charge in [0.2, 0.25) is 0 Å². The number of hydrogen-bond acceptors (Lipinski definition) is 3. The Bertz CT molecular complexity index is 1300. The summed E-state index contributed by atoms with van der Waals surface area (Å²) in [5, 5.41) is 15.5. The second-order valence-corrected chi connectivity index (χ2v) is 8.15. The molecule has 1 unspecified atom stereocenters. The molecule has 4 N–H and O–H groups in total. The van der Waals surface area contributed by atoms with Crippen LogP contribution in [0.1, 0.15) is 29.0 Å². The Morgan fingerprint density at radius 3 is 2.30 bits per heavy atom. The SMILES string of the molecule is NC(=S)NN=C(CC(C(=O)O)c1cn(Cc2ccccc2)c2ccccc12)c1ccccc1. The summed E-state index contributed by atoms with van der Waals surface area (Å²) < 4.78 is 2.10. The van der Waals surface area contributed by atoms with Gasteiger partial charge in [-0.2, -0.15) is 5.10 Å². The van der Waals surface area contributed by atoms with Crippen molar-refractivity contribution >= 4 is 39.9 Å². The van der Waals surface area contributed by atoms with Gasteiger partial charge in [-0.15, -0.1) is 0 Å². The fourth-order valence-corrected chi connectivity index (χ4v) is 4.01. The lowest BCUT2D eigenvalue weighted by Crippen LogP contribution is -2.27. The Balaban J connectivity index is 1.76. The Kier molecular flexibility index (Phi) is 6.80. The lowest BCUT2D eigenvalue weighted by molar-refractivity contribution is -0.138. The predicted molar refractivity (Wildman–Crippen MR) is 135 cm³/mol. The highest BCUT2D eigenvalue weighted by molar-refractivity contribution is 7.80. The van der Waals surface area contributed by atoms with Crippen molar-refractivity contribution in [3.8, 4) is 0 Å². The first-order valence-electron chi connectivity index (χ1n) is 10.5.